The predicted molar refractivity (Wildman–Crippen MR) is 105 cm³/mol. The predicted octanol–water partition coefficient (Wildman–Crippen LogP) is 3.11. The summed E-state index contributed by atoms with van der Waals surface area (Å²) in [6, 6.07) is 8.23. The van der Waals surface area contributed by atoms with Gasteiger partial charge < -0.3 is 10.0 Å². The molecule has 0 unspecified atom stereocenters. The lowest BCUT2D eigenvalue weighted by Crippen LogP contribution is -2.40. The molecule has 1 amide bonds. The third kappa shape index (κ3) is 5.42. The van der Waals surface area contributed by atoms with Crippen LogP contribution in [0.25, 0.3) is 0 Å². The Morgan fingerprint density at radius 3 is 2.33 bits per heavy atom. The Morgan fingerprint density at radius 1 is 1.15 bits per heavy atom. The van der Waals surface area contributed by atoms with Crippen LogP contribution in [-0.2, 0) is 22.6 Å². The van der Waals surface area contributed by atoms with E-state index < -0.39 is 5.97 Å². The van der Waals surface area contributed by atoms with E-state index >= 15 is 0 Å². The van der Waals surface area contributed by atoms with Crippen LogP contribution in [0.15, 0.2) is 24.3 Å². The van der Waals surface area contributed by atoms with Crippen molar-refractivity contribution in [2.75, 3.05) is 6.54 Å². The van der Waals surface area contributed by atoms with E-state index in [1.54, 1.807) is 0 Å². The van der Waals surface area contributed by atoms with Gasteiger partial charge >= 0.3 is 5.97 Å². The van der Waals surface area contributed by atoms with Crippen molar-refractivity contribution in [1.82, 2.24) is 14.7 Å². The number of carboxylic acids is 1. The van der Waals surface area contributed by atoms with Gasteiger partial charge in [-0.1, -0.05) is 29.8 Å². The number of rotatable bonds is 8. The summed E-state index contributed by atoms with van der Waals surface area (Å²) in [6.07, 6.45) is 0.844. The van der Waals surface area contributed by atoms with Crippen molar-refractivity contribution in [3.8, 4) is 0 Å². The number of carboxylic acid groups (broad SMARTS) is 1. The number of amides is 1. The summed E-state index contributed by atoms with van der Waals surface area (Å²) in [4.78, 5) is 24.9. The highest BCUT2D eigenvalue weighted by Gasteiger charge is 2.21. The van der Waals surface area contributed by atoms with Crippen LogP contribution in [0.4, 0.5) is 0 Å². The maximum absolute atomic E-state index is 12.5. The molecule has 27 heavy (non-hydrogen) atoms. The zero-order valence-electron chi connectivity index (χ0n) is 16.8. The molecule has 0 saturated heterocycles. The van der Waals surface area contributed by atoms with E-state index in [1.807, 2.05) is 32.4 Å². The van der Waals surface area contributed by atoms with Crippen molar-refractivity contribution in [3.63, 3.8) is 0 Å². The number of nitrogens with zero attached hydrogens (tertiary/aromatic N) is 3. The van der Waals surface area contributed by atoms with Gasteiger partial charge in [0.1, 0.15) is 6.54 Å². The van der Waals surface area contributed by atoms with Gasteiger partial charge in [0.15, 0.2) is 0 Å². The fourth-order valence-electron chi connectivity index (χ4n) is 3.20. The first-order chi connectivity index (χ1) is 12.7. The summed E-state index contributed by atoms with van der Waals surface area (Å²) in [6.45, 7) is 10.1. The molecule has 1 N–H and O–H groups in total. The van der Waals surface area contributed by atoms with Gasteiger partial charge in [0.2, 0.25) is 5.91 Å². The molecule has 1 aromatic carbocycles. The molecule has 0 aliphatic heterocycles. The number of aromatic nitrogens is 2. The number of aryl methyl sites for hydroxylation is 2. The molecule has 0 bridgehead atoms. The van der Waals surface area contributed by atoms with E-state index in [4.69, 9.17) is 5.11 Å². The number of hydrogen-bond acceptors (Lipinski definition) is 3. The van der Waals surface area contributed by atoms with Gasteiger partial charge in [0, 0.05) is 18.2 Å². The molecule has 146 valence electrons. The Kier molecular flexibility index (Phi) is 6.77. The lowest BCUT2D eigenvalue weighted by molar-refractivity contribution is -0.145. The first kappa shape index (κ1) is 20.7. The van der Waals surface area contributed by atoms with Gasteiger partial charge in [-0.15, -0.1) is 0 Å². The minimum absolute atomic E-state index is 0.139. The van der Waals surface area contributed by atoms with Gasteiger partial charge in [0.25, 0.3) is 0 Å². The van der Waals surface area contributed by atoms with Gasteiger partial charge in [-0.3, -0.25) is 14.3 Å². The third-order valence-electron chi connectivity index (χ3n) is 4.82. The van der Waals surface area contributed by atoms with Gasteiger partial charge in [-0.25, -0.2) is 0 Å². The molecule has 2 rings (SSSR count). The smallest absolute Gasteiger partial charge is 0.323 e. The number of benzene rings is 1. The Balaban J connectivity index is 2.08. The number of aliphatic carboxylic acids is 1. The second-order valence-electron chi connectivity index (χ2n) is 7.30. The summed E-state index contributed by atoms with van der Waals surface area (Å²) in [5.74, 6) is -1.13. The fourth-order valence-corrected chi connectivity index (χ4v) is 3.20. The van der Waals surface area contributed by atoms with E-state index in [0.717, 1.165) is 17.0 Å². The third-order valence-corrected chi connectivity index (χ3v) is 4.82. The second kappa shape index (κ2) is 8.84. The van der Waals surface area contributed by atoms with Crippen molar-refractivity contribution >= 4 is 11.9 Å². The molecule has 0 radical (unpaired) electrons. The first-order valence-electron chi connectivity index (χ1n) is 9.28. The second-order valence-corrected chi connectivity index (χ2v) is 7.30. The highest BCUT2D eigenvalue weighted by molar-refractivity contribution is 5.81. The van der Waals surface area contributed by atoms with E-state index in [0.29, 0.717) is 13.0 Å². The highest BCUT2D eigenvalue weighted by atomic mass is 16.4. The molecule has 0 fully saturated rings. The van der Waals surface area contributed by atoms with E-state index in [2.05, 4.69) is 36.3 Å². The minimum atomic E-state index is -0.990. The van der Waals surface area contributed by atoms with Crippen LogP contribution in [0.1, 0.15) is 48.3 Å². The Hall–Kier alpha value is -2.63. The summed E-state index contributed by atoms with van der Waals surface area (Å²) in [5, 5.41) is 13.6. The molecule has 0 saturated carbocycles. The molecule has 1 heterocycles. The first-order valence-corrected chi connectivity index (χ1v) is 9.28. The van der Waals surface area contributed by atoms with E-state index in [1.165, 1.54) is 16.0 Å². The van der Waals surface area contributed by atoms with Crippen LogP contribution in [-0.4, -0.2) is 44.3 Å². The molecule has 1 aromatic heterocycles. The lowest BCUT2D eigenvalue weighted by atomic mass is 10.1. The monoisotopic (exact) mass is 371 g/mol. The van der Waals surface area contributed by atoms with Crippen LogP contribution in [0, 0.1) is 20.8 Å². The number of hydrogen-bond donors (Lipinski definition) is 1. The average Bonchev–Trinajstić information content (AvgIpc) is 2.85. The minimum Gasteiger partial charge on any atom is -0.480 e. The van der Waals surface area contributed by atoms with Crippen LogP contribution in [0.3, 0.4) is 0 Å². The summed E-state index contributed by atoms with van der Waals surface area (Å²) < 4.78 is 1.97. The fraction of sp³-hybridized carbons (Fsp3) is 0.476. The van der Waals surface area contributed by atoms with Crippen molar-refractivity contribution in [1.29, 1.82) is 0 Å². The van der Waals surface area contributed by atoms with Crippen LogP contribution < -0.4 is 0 Å². The normalized spacial score (nSPS) is 11.0. The summed E-state index contributed by atoms with van der Waals surface area (Å²) in [7, 11) is 0. The largest absolute Gasteiger partial charge is 0.480 e. The number of carbonyl (C=O) groups is 2. The van der Waals surface area contributed by atoms with Crippen LogP contribution in [0.5, 0.6) is 0 Å². The Labute approximate surface area is 160 Å². The molecule has 0 spiro atoms. The van der Waals surface area contributed by atoms with Crippen molar-refractivity contribution in [2.45, 2.75) is 60.0 Å². The zero-order valence-corrected chi connectivity index (χ0v) is 16.8. The molecule has 6 nitrogen and oxygen atoms in total. The average molecular weight is 371 g/mol. The lowest BCUT2D eigenvalue weighted by Gasteiger charge is -2.24. The molecule has 0 aliphatic rings. The Morgan fingerprint density at radius 2 is 1.78 bits per heavy atom. The summed E-state index contributed by atoms with van der Waals surface area (Å²) >= 11 is 0. The van der Waals surface area contributed by atoms with E-state index in [9.17, 15) is 9.59 Å². The van der Waals surface area contributed by atoms with Gasteiger partial charge in [-0.05, 0) is 52.2 Å². The maximum atomic E-state index is 12.5. The van der Waals surface area contributed by atoms with E-state index in [-0.39, 0.29) is 24.9 Å². The number of carbonyl (C=O) groups excluding carboxylic acids is 1. The SMILES string of the molecule is Cc1ccc(Cn2nc(C)c(CCC(=O)N(CC(=O)O)C(C)C)c2C)cc1. The molecule has 2 aromatic rings. The molecule has 0 aliphatic carbocycles. The van der Waals surface area contributed by atoms with Crippen LogP contribution in [0.2, 0.25) is 0 Å². The van der Waals surface area contributed by atoms with Gasteiger partial charge in [-0.2, -0.15) is 5.10 Å². The van der Waals surface area contributed by atoms with Gasteiger partial charge in [0.05, 0.1) is 12.2 Å². The maximum Gasteiger partial charge on any atom is 0.323 e. The highest BCUT2D eigenvalue weighted by Crippen LogP contribution is 2.18. The Bertz CT molecular complexity index is 807. The summed E-state index contributed by atoms with van der Waals surface area (Å²) in [5.41, 5.74) is 5.44. The zero-order chi connectivity index (χ0) is 20.1. The molecule has 0 atom stereocenters. The molecular weight excluding hydrogens is 342 g/mol. The van der Waals surface area contributed by atoms with Crippen molar-refractivity contribution in [3.05, 3.63) is 52.3 Å². The van der Waals surface area contributed by atoms with Crippen LogP contribution >= 0.6 is 0 Å². The quantitative estimate of drug-likeness (QED) is 0.774. The topological polar surface area (TPSA) is 75.4 Å². The standard InChI is InChI=1S/C21H29N3O3/c1-14(2)23(13-21(26)27)20(25)11-10-19-16(4)22-24(17(19)5)12-18-8-6-15(3)7-9-18/h6-9,14H,10-13H2,1-5H3,(H,26,27). The van der Waals surface area contributed by atoms with Crippen molar-refractivity contribution in [2.24, 2.45) is 0 Å². The molecular formula is C21H29N3O3. The molecule has 6 heteroatoms. The van der Waals surface area contributed by atoms with Crippen molar-refractivity contribution < 1.29 is 14.7 Å².